The van der Waals surface area contributed by atoms with Crippen LogP contribution in [0.2, 0.25) is 0 Å². The Bertz CT molecular complexity index is 820. The molecule has 0 radical (unpaired) electrons. The molecular formula is C17H14N2OS. The van der Waals surface area contributed by atoms with Crippen LogP contribution in [0.4, 0.5) is 0 Å². The SMILES string of the molecule is Cc1ccc(S(=O)/N=C/c2cccc3cccnc23)cc1. The Morgan fingerprint density at radius 1 is 1.05 bits per heavy atom. The first-order chi connectivity index (χ1) is 10.2. The maximum absolute atomic E-state index is 12.2. The minimum Gasteiger partial charge on any atom is -0.256 e. The molecule has 21 heavy (non-hydrogen) atoms. The first kappa shape index (κ1) is 13.6. The highest BCUT2D eigenvalue weighted by atomic mass is 32.2. The first-order valence-electron chi connectivity index (χ1n) is 6.60. The molecule has 4 heteroatoms. The van der Waals surface area contributed by atoms with Gasteiger partial charge in [-0.2, -0.15) is 4.40 Å². The van der Waals surface area contributed by atoms with E-state index in [0.717, 1.165) is 22.0 Å². The lowest BCUT2D eigenvalue weighted by atomic mass is 10.1. The molecular weight excluding hydrogens is 280 g/mol. The van der Waals surface area contributed by atoms with Crippen LogP contribution in [-0.2, 0) is 11.0 Å². The van der Waals surface area contributed by atoms with Crippen LogP contribution >= 0.6 is 0 Å². The van der Waals surface area contributed by atoms with Gasteiger partial charge in [-0.3, -0.25) is 4.98 Å². The summed E-state index contributed by atoms with van der Waals surface area (Å²) < 4.78 is 16.3. The van der Waals surface area contributed by atoms with Gasteiger partial charge in [-0.15, -0.1) is 0 Å². The van der Waals surface area contributed by atoms with E-state index in [0.29, 0.717) is 4.90 Å². The number of aryl methyl sites for hydroxylation is 1. The van der Waals surface area contributed by atoms with Crippen LogP contribution in [0.1, 0.15) is 11.1 Å². The van der Waals surface area contributed by atoms with Crippen molar-refractivity contribution in [3.05, 3.63) is 71.9 Å². The van der Waals surface area contributed by atoms with Gasteiger partial charge in [0.1, 0.15) is 0 Å². The zero-order valence-corrected chi connectivity index (χ0v) is 12.4. The van der Waals surface area contributed by atoms with Crippen LogP contribution in [0, 0.1) is 6.92 Å². The maximum atomic E-state index is 12.2. The van der Waals surface area contributed by atoms with Crippen molar-refractivity contribution in [2.75, 3.05) is 0 Å². The molecule has 0 aliphatic rings. The topological polar surface area (TPSA) is 42.3 Å². The van der Waals surface area contributed by atoms with Gasteiger partial charge >= 0.3 is 0 Å². The molecule has 104 valence electrons. The van der Waals surface area contributed by atoms with Gasteiger partial charge in [0.15, 0.2) is 11.0 Å². The van der Waals surface area contributed by atoms with E-state index in [9.17, 15) is 4.21 Å². The summed E-state index contributed by atoms with van der Waals surface area (Å²) >= 11 is 0. The van der Waals surface area contributed by atoms with Crippen molar-refractivity contribution in [1.29, 1.82) is 0 Å². The number of aromatic nitrogens is 1. The van der Waals surface area contributed by atoms with Crippen LogP contribution in [0.3, 0.4) is 0 Å². The number of hydrogen-bond donors (Lipinski definition) is 0. The van der Waals surface area contributed by atoms with E-state index in [1.807, 2.05) is 61.5 Å². The summed E-state index contributed by atoms with van der Waals surface area (Å²) in [5.74, 6) is 0. The highest BCUT2D eigenvalue weighted by Crippen LogP contribution is 2.15. The van der Waals surface area contributed by atoms with Gasteiger partial charge in [-0.1, -0.05) is 42.0 Å². The van der Waals surface area contributed by atoms with E-state index in [1.54, 1.807) is 12.4 Å². The smallest absolute Gasteiger partial charge is 0.172 e. The van der Waals surface area contributed by atoms with E-state index >= 15 is 0 Å². The molecule has 0 saturated heterocycles. The van der Waals surface area contributed by atoms with Crippen LogP contribution in [-0.4, -0.2) is 15.4 Å². The molecule has 0 saturated carbocycles. The van der Waals surface area contributed by atoms with Gasteiger partial charge in [0.25, 0.3) is 0 Å². The summed E-state index contributed by atoms with van der Waals surface area (Å²) in [5.41, 5.74) is 2.87. The molecule has 1 heterocycles. The molecule has 1 atom stereocenters. The number of rotatable bonds is 3. The Balaban J connectivity index is 1.91. The fraction of sp³-hybridized carbons (Fsp3) is 0.0588. The summed E-state index contributed by atoms with van der Waals surface area (Å²) in [5, 5.41) is 1.04. The molecule has 0 aliphatic carbocycles. The second-order valence-corrected chi connectivity index (χ2v) is 5.90. The van der Waals surface area contributed by atoms with Crippen molar-refractivity contribution in [1.82, 2.24) is 4.98 Å². The van der Waals surface area contributed by atoms with E-state index in [2.05, 4.69) is 9.38 Å². The van der Waals surface area contributed by atoms with Gasteiger partial charge in [0.05, 0.1) is 10.4 Å². The molecule has 2 aromatic carbocycles. The standard InChI is InChI=1S/C17H14N2OS/c1-13-7-9-16(10-8-13)21(20)19-12-15-5-2-4-14-6-3-11-18-17(14)15/h2-12H,1H3/b19-12+. The number of nitrogens with zero attached hydrogens (tertiary/aromatic N) is 2. The Morgan fingerprint density at radius 3 is 2.62 bits per heavy atom. The normalized spacial score (nSPS) is 12.8. The molecule has 3 rings (SSSR count). The summed E-state index contributed by atoms with van der Waals surface area (Å²) in [4.78, 5) is 5.05. The average Bonchev–Trinajstić information content (AvgIpc) is 2.53. The Morgan fingerprint density at radius 2 is 1.81 bits per heavy atom. The third-order valence-electron chi connectivity index (χ3n) is 3.17. The second-order valence-electron chi connectivity index (χ2n) is 4.72. The lowest BCUT2D eigenvalue weighted by molar-refractivity contribution is 0.684. The Labute approximate surface area is 126 Å². The van der Waals surface area contributed by atoms with Crippen LogP contribution in [0.5, 0.6) is 0 Å². The fourth-order valence-electron chi connectivity index (χ4n) is 2.05. The fourth-order valence-corrected chi connectivity index (χ4v) is 2.75. The lowest BCUT2D eigenvalue weighted by Crippen LogP contribution is -1.91. The van der Waals surface area contributed by atoms with Crippen molar-refractivity contribution in [3.8, 4) is 0 Å². The largest absolute Gasteiger partial charge is 0.256 e. The van der Waals surface area contributed by atoms with Crippen LogP contribution in [0.15, 0.2) is 70.1 Å². The third-order valence-corrected chi connectivity index (χ3v) is 4.15. The van der Waals surface area contributed by atoms with Crippen LogP contribution < -0.4 is 0 Å². The van der Waals surface area contributed by atoms with Crippen molar-refractivity contribution in [2.24, 2.45) is 4.40 Å². The molecule has 1 unspecified atom stereocenters. The zero-order chi connectivity index (χ0) is 14.7. The summed E-state index contributed by atoms with van der Waals surface area (Å²) in [7, 11) is -1.39. The van der Waals surface area contributed by atoms with Crippen molar-refractivity contribution in [3.63, 3.8) is 0 Å². The van der Waals surface area contributed by atoms with Crippen LogP contribution in [0.25, 0.3) is 10.9 Å². The monoisotopic (exact) mass is 294 g/mol. The summed E-state index contributed by atoms with van der Waals surface area (Å²) in [6.45, 7) is 2.00. The highest BCUT2D eigenvalue weighted by Gasteiger charge is 2.02. The minimum absolute atomic E-state index is 0.699. The van der Waals surface area contributed by atoms with E-state index in [-0.39, 0.29) is 0 Å². The number of pyridine rings is 1. The molecule has 3 aromatic rings. The molecule has 1 aromatic heterocycles. The minimum atomic E-state index is -1.39. The van der Waals surface area contributed by atoms with E-state index < -0.39 is 11.0 Å². The summed E-state index contributed by atoms with van der Waals surface area (Å²) in [6.07, 6.45) is 3.38. The highest BCUT2D eigenvalue weighted by molar-refractivity contribution is 7.83. The molecule has 0 amide bonds. The van der Waals surface area contributed by atoms with Gasteiger partial charge in [0, 0.05) is 23.4 Å². The molecule has 0 aliphatic heterocycles. The molecule has 0 N–H and O–H groups in total. The van der Waals surface area contributed by atoms with Gasteiger partial charge in [-0.05, 0) is 25.1 Å². The predicted molar refractivity (Wildman–Crippen MR) is 86.9 cm³/mol. The lowest BCUT2D eigenvalue weighted by Gasteiger charge is -2.00. The number of fused-ring (bicyclic) bond motifs is 1. The number of hydrogen-bond acceptors (Lipinski definition) is 2. The Kier molecular flexibility index (Phi) is 3.88. The number of benzene rings is 2. The molecule has 0 bridgehead atoms. The predicted octanol–water partition coefficient (Wildman–Crippen LogP) is 3.68. The summed E-state index contributed by atoms with van der Waals surface area (Å²) in [6, 6.07) is 17.3. The zero-order valence-electron chi connectivity index (χ0n) is 11.6. The number of para-hydroxylation sites is 1. The average molecular weight is 294 g/mol. The molecule has 0 spiro atoms. The molecule has 3 nitrogen and oxygen atoms in total. The van der Waals surface area contributed by atoms with Crippen molar-refractivity contribution >= 4 is 28.1 Å². The molecule has 0 fully saturated rings. The maximum Gasteiger partial charge on any atom is 0.172 e. The van der Waals surface area contributed by atoms with Crippen molar-refractivity contribution in [2.45, 2.75) is 11.8 Å². The van der Waals surface area contributed by atoms with Gasteiger partial charge < -0.3 is 0 Å². The van der Waals surface area contributed by atoms with E-state index in [1.165, 1.54) is 0 Å². The van der Waals surface area contributed by atoms with E-state index in [4.69, 9.17) is 0 Å². The first-order valence-corrected chi connectivity index (χ1v) is 7.71. The Hall–Kier alpha value is -2.33. The van der Waals surface area contributed by atoms with Gasteiger partial charge in [-0.25, -0.2) is 4.21 Å². The second kappa shape index (κ2) is 5.97. The quantitative estimate of drug-likeness (QED) is 0.691. The third kappa shape index (κ3) is 3.06. The van der Waals surface area contributed by atoms with Gasteiger partial charge in [0.2, 0.25) is 0 Å². The van der Waals surface area contributed by atoms with Crippen molar-refractivity contribution < 1.29 is 4.21 Å².